The molecule has 0 amide bonds. The monoisotopic (exact) mass is 388 g/mol. The van der Waals surface area contributed by atoms with Crippen molar-refractivity contribution >= 4 is 0 Å². The average Bonchev–Trinajstić information content (AvgIpc) is 2.51. The van der Waals surface area contributed by atoms with Gasteiger partial charge in [-0.25, -0.2) is 0 Å². The van der Waals surface area contributed by atoms with E-state index >= 15 is 0 Å². The predicted octanol–water partition coefficient (Wildman–Crippen LogP) is 4.88. The van der Waals surface area contributed by atoms with Gasteiger partial charge in [0.25, 0.3) is 0 Å². The summed E-state index contributed by atoms with van der Waals surface area (Å²) >= 11 is 0. The van der Waals surface area contributed by atoms with Crippen molar-refractivity contribution in [3.63, 3.8) is 0 Å². The molecule has 0 saturated heterocycles. The van der Waals surface area contributed by atoms with Crippen molar-refractivity contribution in [1.82, 2.24) is 0 Å². The SMILES string of the molecule is CCCCCCCC(F)(F)C(F)(F)C(F)(F)C(F)(F)CC(CO)CO. The van der Waals surface area contributed by atoms with E-state index in [1.807, 2.05) is 6.92 Å². The number of hydrogen-bond donors (Lipinski definition) is 2. The van der Waals surface area contributed by atoms with E-state index in [0.717, 1.165) is 6.42 Å². The van der Waals surface area contributed by atoms with Crippen LogP contribution in [0.2, 0.25) is 0 Å². The van der Waals surface area contributed by atoms with E-state index < -0.39 is 62.1 Å². The largest absolute Gasteiger partial charge is 0.396 e. The lowest BCUT2D eigenvalue weighted by molar-refractivity contribution is -0.369. The molecule has 0 aromatic heterocycles. The Hall–Kier alpha value is -0.640. The zero-order chi connectivity index (χ0) is 19.9. The van der Waals surface area contributed by atoms with Crippen molar-refractivity contribution in [2.75, 3.05) is 13.2 Å². The number of aliphatic hydroxyl groups excluding tert-OH is 2. The van der Waals surface area contributed by atoms with Crippen LogP contribution in [0.25, 0.3) is 0 Å². The van der Waals surface area contributed by atoms with Crippen molar-refractivity contribution in [2.24, 2.45) is 5.92 Å². The Balaban J connectivity index is 5.20. The van der Waals surface area contributed by atoms with E-state index in [0.29, 0.717) is 12.8 Å². The Labute approximate surface area is 141 Å². The summed E-state index contributed by atoms with van der Waals surface area (Å²) in [4.78, 5) is 0. The maximum Gasteiger partial charge on any atom is 0.378 e. The third-order valence-corrected chi connectivity index (χ3v) is 3.97. The van der Waals surface area contributed by atoms with Crippen LogP contribution in [0.5, 0.6) is 0 Å². The van der Waals surface area contributed by atoms with Gasteiger partial charge in [0.1, 0.15) is 0 Å². The zero-order valence-electron chi connectivity index (χ0n) is 13.9. The molecule has 0 rings (SSSR count). The molecule has 0 aromatic carbocycles. The van der Waals surface area contributed by atoms with Gasteiger partial charge in [0.2, 0.25) is 0 Å². The smallest absolute Gasteiger partial charge is 0.378 e. The van der Waals surface area contributed by atoms with Gasteiger partial charge in [-0.15, -0.1) is 0 Å². The molecule has 0 radical (unpaired) electrons. The van der Waals surface area contributed by atoms with Crippen LogP contribution in [0, 0.1) is 5.92 Å². The Kier molecular flexibility index (Phi) is 9.10. The van der Waals surface area contributed by atoms with E-state index in [4.69, 9.17) is 10.2 Å². The maximum atomic E-state index is 13.6. The van der Waals surface area contributed by atoms with Crippen molar-refractivity contribution in [3.8, 4) is 0 Å². The fourth-order valence-electron chi connectivity index (χ4n) is 2.24. The van der Waals surface area contributed by atoms with E-state index in [-0.39, 0.29) is 6.42 Å². The molecular weight excluding hydrogens is 364 g/mol. The van der Waals surface area contributed by atoms with E-state index in [1.165, 1.54) is 0 Å². The lowest BCUT2D eigenvalue weighted by Gasteiger charge is -2.37. The van der Waals surface area contributed by atoms with E-state index in [1.54, 1.807) is 0 Å². The third-order valence-electron chi connectivity index (χ3n) is 3.97. The van der Waals surface area contributed by atoms with Gasteiger partial charge < -0.3 is 10.2 Å². The van der Waals surface area contributed by atoms with Crippen LogP contribution in [0.4, 0.5) is 35.1 Å². The second kappa shape index (κ2) is 9.34. The second-order valence-corrected chi connectivity index (χ2v) is 6.16. The summed E-state index contributed by atoms with van der Waals surface area (Å²) in [6.45, 7) is -0.541. The molecule has 10 heteroatoms. The molecule has 0 aliphatic carbocycles. The molecule has 2 nitrogen and oxygen atoms in total. The summed E-state index contributed by atoms with van der Waals surface area (Å²) in [6.07, 6.45) is -2.25. The number of rotatable bonds is 13. The summed E-state index contributed by atoms with van der Waals surface area (Å²) in [5.74, 6) is -25.3. The van der Waals surface area contributed by atoms with Crippen LogP contribution < -0.4 is 0 Å². The molecule has 0 spiro atoms. The van der Waals surface area contributed by atoms with Crippen LogP contribution >= 0.6 is 0 Å². The van der Waals surface area contributed by atoms with Crippen molar-refractivity contribution < 1.29 is 45.3 Å². The first kappa shape index (κ1) is 24.4. The third kappa shape index (κ3) is 5.67. The van der Waals surface area contributed by atoms with Gasteiger partial charge in [-0.2, -0.15) is 35.1 Å². The molecule has 0 saturated carbocycles. The lowest BCUT2D eigenvalue weighted by Crippen LogP contribution is -2.62. The summed E-state index contributed by atoms with van der Waals surface area (Å²) in [7, 11) is 0. The molecule has 0 aliphatic heterocycles. The average molecular weight is 388 g/mol. The van der Waals surface area contributed by atoms with Gasteiger partial charge in [0.15, 0.2) is 0 Å². The fraction of sp³-hybridized carbons (Fsp3) is 1.00. The predicted molar refractivity (Wildman–Crippen MR) is 75.4 cm³/mol. The van der Waals surface area contributed by atoms with Crippen molar-refractivity contribution in [1.29, 1.82) is 0 Å². The molecule has 0 aliphatic rings. The Morgan fingerprint density at radius 2 is 1.12 bits per heavy atom. The van der Waals surface area contributed by atoms with Crippen LogP contribution in [-0.4, -0.2) is 47.1 Å². The van der Waals surface area contributed by atoms with Gasteiger partial charge in [0.05, 0.1) is 0 Å². The minimum Gasteiger partial charge on any atom is -0.396 e. The van der Waals surface area contributed by atoms with Crippen molar-refractivity contribution in [3.05, 3.63) is 0 Å². The molecule has 0 bridgehead atoms. The number of alkyl halides is 8. The molecule has 25 heavy (non-hydrogen) atoms. The first-order valence-electron chi connectivity index (χ1n) is 8.03. The molecule has 0 unspecified atom stereocenters. The van der Waals surface area contributed by atoms with Gasteiger partial charge in [-0.05, 0) is 6.42 Å². The minimum absolute atomic E-state index is 0.0958. The Morgan fingerprint density at radius 3 is 1.56 bits per heavy atom. The second-order valence-electron chi connectivity index (χ2n) is 6.16. The van der Waals surface area contributed by atoms with Gasteiger partial charge in [-0.1, -0.05) is 32.6 Å². The zero-order valence-corrected chi connectivity index (χ0v) is 13.9. The van der Waals surface area contributed by atoms with Gasteiger partial charge >= 0.3 is 23.7 Å². The van der Waals surface area contributed by atoms with Crippen LogP contribution in [0.3, 0.4) is 0 Å². The van der Waals surface area contributed by atoms with E-state index in [9.17, 15) is 35.1 Å². The van der Waals surface area contributed by atoms with Crippen molar-refractivity contribution in [2.45, 2.75) is 75.6 Å². The molecule has 0 fully saturated rings. The fourth-order valence-corrected chi connectivity index (χ4v) is 2.24. The summed E-state index contributed by atoms with van der Waals surface area (Å²) in [6, 6.07) is 0. The van der Waals surface area contributed by atoms with Crippen LogP contribution in [0.15, 0.2) is 0 Å². The molecular formula is C15H24F8O2. The lowest BCUT2D eigenvalue weighted by atomic mass is 9.90. The summed E-state index contributed by atoms with van der Waals surface area (Å²) < 4.78 is 109. The first-order valence-corrected chi connectivity index (χ1v) is 8.03. The number of hydrogen-bond acceptors (Lipinski definition) is 2. The Morgan fingerprint density at radius 1 is 0.680 bits per heavy atom. The van der Waals surface area contributed by atoms with Crippen LogP contribution in [-0.2, 0) is 0 Å². The minimum atomic E-state index is -6.34. The number of halogens is 8. The van der Waals surface area contributed by atoms with E-state index in [2.05, 4.69) is 0 Å². The quantitative estimate of drug-likeness (QED) is 0.349. The molecule has 152 valence electrons. The molecule has 0 heterocycles. The normalized spacial score (nSPS) is 14.4. The van der Waals surface area contributed by atoms with Gasteiger partial charge in [0, 0.05) is 32.0 Å². The standard InChI is InChI=1S/C15H24F8O2/c1-2-3-4-5-6-7-12(16,17)14(20,21)15(22,23)13(18,19)8-11(9-24)10-25/h11,24-25H,2-10H2,1H3. The number of unbranched alkanes of at least 4 members (excludes halogenated alkanes) is 4. The molecule has 0 atom stereocenters. The van der Waals surface area contributed by atoms with Crippen LogP contribution in [0.1, 0.15) is 51.9 Å². The first-order chi connectivity index (χ1) is 11.3. The molecule has 2 N–H and O–H groups in total. The Bertz CT molecular complexity index is 384. The summed E-state index contributed by atoms with van der Waals surface area (Å²) in [5, 5.41) is 17.3. The topological polar surface area (TPSA) is 40.5 Å². The number of aliphatic hydroxyl groups is 2. The maximum absolute atomic E-state index is 13.6. The highest BCUT2D eigenvalue weighted by molar-refractivity contribution is 5.03. The highest BCUT2D eigenvalue weighted by Gasteiger charge is 2.79. The molecule has 0 aromatic rings. The summed E-state index contributed by atoms with van der Waals surface area (Å²) in [5.41, 5.74) is 0. The van der Waals surface area contributed by atoms with Gasteiger partial charge in [-0.3, -0.25) is 0 Å². The highest BCUT2D eigenvalue weighted by atomic mass is 19.4. The highest BCUT2D eigenvalue weighted by Crippen LogP contribution is 2.55.